The molecule has 0 bridgehead atoms. The molecular formula is C23H26N4O4. The van der Waals surface area contributed by atoms with Crippen LogP contribution in [-0.4, -0.2) is 47.7 Å². The summed E-state index contributed by atoms with van der Waals surface area (Å²) >= 11 is 0. The van der Waals surface area contributed by atoms with Crippen LogP contribution in [0.15, 0.2) is 42.5 Å². The topological polar surface area (TPSA) is 94.5 Å². The second kappa shape index (κ2) is 9.18. The van der Waals surface area contributed by atoms with Gasteiger partial charge in [0.2, 0.25) is 0 Å². The van der Waals surface area contributed by atoms with E-state index in [1.54, 1.807) is 25.3 Å². The number of hydrogen-bond acceptors (Lipinski definition) is 5. The molecule has 1 aliphatic heterocycles. The smallest absolute Gasteiger partial charge is 0.255 e. The summed E-state index contributed by atoms with van der Waals surface area (Å²) in [7, 11) is 3.49. The molecule has 0 aliphatic carbocycles. The molecule has 0 unspecified atom stereocenters. The van der Waals surface area contributed by atoms with Gasteiger partial charge in [0.15, 0.2) is 0 Å². The van der Waals surface area contributed by atoms with Gasteiger partial charge in [0, 0.05) is 32.3 Å². The van der Waals surface area contributed by atoms with Crippen molar-refractivity contribution in [2.24, 2.45) is 7.05 Å². The molecule has 1 atom stereocenters. The Hall–Kier alpha value is -3.39. The molecule has 0 saturated carbocycles. The molecule has 3 aromatic rings. The minimum Gasteiger partial charge on any atom is -0.496 e. The molecule has 0 radical (unpaired) electrons. The maximum atomic E-state index is 12.5. The van der Waals surface area contributed by atoms with Crippen LogP contribution in [0.5, 0.6) is 5.75 Å². The third-order valence-electron chi connectivity index (χ3n) is 5.45. The van der Waals surface area contributed by atoms with Gasteiger partial charge in [0.25, 0.3) is 11.8 Å². The van der Waals surface area contributed by atoms with Gasteiger partial charge in [0.05, 0.1) is 23.7 Å². The average molecular weight is 422 g/mol. The van der Waals surface area contributed by atoms with Crippen molar-refractivity contribution in [2.45, 2.75) is 25.4 Å². The Morgan fingerprint density at radius 1 is 1.26 bits per heavy atom. The molecule has 1 aromatic heterocycles. The molecule has 8 heteroatoms. The number of carbonyl (C=O) groups excluding carboxylic acids is 2. The molecular weight excluding hydrogens is 396 g/mol. The van der Waals surface area contributed by atoms with E-state index in [2.05, 4.69) is 15.6 Å². The number of carbonyl (C=O) groups is 2. The minimum absolute atomic E-state index is 0.118. The summed E-state index contributed by atoms with van der Waals surface area (Å²) in [5.41, 5.74) is 2.95. The van der Waals surface area contributed by atoms with Crippen molar-refractivity contribution in [2.75, 3.05) is 25.6 Å². The molecule has 8 nitrogen and oxygen atoms in total. The summed E-state index contributed by atoms with van der Waals surface area (Å²) in [6.45, 7) is 1.07. The van der Waals surface area contributed by atoms with Gasteiger partial charge in [0.1, 0.15) is 17.7 Å². The monoisotopic (exact) mass is 422 g/mol. The number of rotatable bonds is 7. The number of imidazole rings is 1. The fourth-order valence-electron chi connectivity index (χ4n) is 3.77. The highest BCUT2D eigenvalue weighted by molar-refractivity contribution is 5.97. The first-order chi connectivity index (χ1) is 15.1. The largest absolute Gasteiger partial charge is 0.496 e. The lowest BCUT2D eigenvalue weighted by atomic mass is 10.2. The number of amides is 2. The number of fused-ring (bicyclic) bond motifs is 1. The molecule has 1 fully saturated rings. The summed E-state index contributed by atoms with van der Waals surface area (Å²) in [6, 6.07) is 12.8. The van der Waals surface area contributed by atoms with Crippen LogP contribution in [0.3, 0.4) is 0 Å². The molecule has 1 aliphatic rings. The first-order valence-corrected chi connectivity index (χ1v) is 10.4. The van der Waals surface area contributed by atoms with Crippen molar-refractivity contribution in [1.29, 1.82) is 0 Å². The van der Waals surface area contributed by atoms with Gasteiger partial charge < -0.3 is 24.7 Å². The molecule has 31 heavy (non-hydrogen) atoms. The van der Waals surface area contributed by atoms with Crippen LogP contribution in [-0.2, 0) is 23.0 Å². The predicted octanol–water partition coefficient (Wildman–Crippen LogP) is 2.67. The lowest BCUT2D eigenvalue weighted by molar-refractivity contribution is -0.124. The Morgan fingerprint density at radius 3 is 2.87 bits per heavy atom. The Balaban J connectivity index is 1.40. The first kappa shape index (κ1) is 20.9. The summed E-state index contributed by atoms with van der Waals surface area (Å²) in [5.74, 6) is 1.08. The number of aryl methyl sites for hydroxylation is 1. The number of methoxy groups -OCH3 is 1. The van der Waals surface area contributed by atoms with Gasteiger partial charge in [-0.3, -0.25) is 9.59 Å². The van der Waals surface area contributed by atoms with Gasteiger partial charge in [-0.15, -0.1) is 0 Å². The zero-order chi connectivity index (χ0) is 21.8. The fourth-order valence-corrected chi connectivity index (χ4v) is 3.77. The molecule has 2 heterocycles. The lowest BCUT2D eigenvalue weighted by Gasteiger charge is -2.10. The van der Waals surface area contributed by atoms with E-state index in [0.29, 0.717) is 36.6 Å². The van der Waals surface area contributed by atoms with E-state index in [4.69, 9.17) is 9.47 Å². The van der Waals surface area contributed by atoms with Crippen molar-refractivity contribution < 1.29 is 19.1 Å². The average Bonchev–Trinajstić information content (AvgIpc) is 3.42. The van der Waals surface area contributed by atoms with E-state index in [9.17, 15) is 9.59 Å². The van der Waals surface area contributed by atoms with E-state index in [1.807, 2.05) is 35.9 Å². The van der Waals surface area contributed by atoms with Crippen LogP contribution in [0.4, 0.5) is 5.69 Å². The second-order valence-corrected chi connectivity index (χ2v) is 7.49. The number of nitrogens with one attached hydrogen (secondary N) is 2. The van der Waals surface area contributed by atoms with E-state index in [-0.39, 0.29) is 17.9 Å². The van der Waals surface area contributed by atoms with E-state index >= 15 is 0 Å². The number of nitrogens with zero attached hydrogens (tertiary/aromatic N) is 2. The van der Waals surface area contributed by atoms with E-state index in [1.165, 1.54) is 0 Å². The van der Waals surface area contributed by atoms with Gasteiger partial charge in [-0.05, 0) is 43.2 Å². The second-order valence-electron chi connectivity index (χ2n) is 7.49. The number of aromatic nitrogens is 2. The SMILES string of the molecule is COc1ccccc1C(=O)NCCc1nc2cc(NC(=O)[C@H]3CCCO3)ccc2n1C. The van der Waals surface area contributed by atoms with Crippen LogP contribution >= 0.6 is 0 Å². The first-order valence-electron chi connectivity index (χ1n) is 10.4. The normalized spacial score (nSPS) is 15.7. The van der Waals surface area contributed by atoms with E-state index in [0.717, 1.165) is 29.7 Å². The number of para-hydroxylation sites is 1. The van der Waals surface area contributed by atoms with Crippen molar-refractivity contribution in [1.82, 2.24) is 14.9 Å². The molecule has 2 N–H and O–H groups in total. The number of hydrogen-bond donors (Lipinski definition) is 2. The Morgan fingerprint density at radius 2 is 2.10 bits per heavy atom. The quantitative estimate of drug-likeness (QED) is 0.611. The molecule has 2 amide bonds. The Bertz CT molecular complexity index is 1100. The predicted molar refractivity (Wildman–Crippen MR) is 117 cm³/mol. The van der Waals surface area contributed by atoms with Crippen LogP contribution < -0.4 is 15.4 Å². The number of benzene rings is 2. The molecule has 0 spiro atoms. The maximum Gasteiger partial charge on any atom is 0.255 e. The van der Waals surface area contributed by atoms with Crippen molar-refractivity contribution in [3.63, 3.8) is 0 Å². The van der Waals surface area contributed by atoms with Gasteiger partial charge in [-0.2, -0.15) is 0 Å². The van der Waals surface area contributed by atoms with Crippen LogP contribution in [0.1, 0.15) is 29.0 Å². The summed E-state index contributed by atoms with van der Waals surface area (Å²) in [6.07, 6.45) is 1.86. The standard InChI is InChI=1S/C23H26N4O4/c1-27-18-10-9-15(25-23(29)20-8-5-13-31-20)14-17(18)26-21(27)11-12-24-22(28)16-6-3-4-7-19(16)30-2/h3-4,6-7,9-10,14,20H,5,8,11-13H2,1-2H3,(H,24,28)(H,25,29)/t20-/m1/s1. The fraction of sp³-hybridized carbons (Fsp3) is 0.348. The highest BCUT2D eigenvalue weighted by Crippen LogP contribution is 2.22. The van der Waals surface area contributed by atoms with Gasteiger partial charge in [-0.1, -0.05) is 12.1 Å². The highest BCUT2D eigenvalue weighted by atomic mass is 16.5. The lowest BCUT2D eigenvalue weighted by Crippen LogP contribution is -2.26. The van der Waals surface area contributed by atoms with Crippen LogP contribution in [0, 0.1) is 0 Å². The summed E-state index contributed by atoms with van der Waals surface area (Å²) < 4.78 is 12.7. The molecule has 4 rings (SSSR count). The third-order valence-corrected chi connectivity index (χ3v) is 5.45. The summed E-state index contributed by atoms with van der Waals surface area (Å²) in [4.78, 5) is 29.4. The maximum absolute atomic E-state index is 12.5. The summed E-state index contributed by atoms with van der Waals surface area (Å²) in [5, 5.41) is 5.83. The van der Waals surface area contributed by atoms with Crippen molar-refractivity contribution in [3.05, 3.63) is 53.9 Å². The third kappa shape index (κ3) is 4.54. The van der Waals surface area contributed by atoms with Gasteiger partial charge in [-0.25, -0.2) is 4.98 Å². The van der Waals surface area contributed by atoms with Gasteiger partial charge >= 0.3 is 0 Å². The van der Waals surface area contributed by atoms with Crippen LogP contribution in [0.25, 0.3) is 11.0 Å². The van der Waals surface area contributed by atoms with Crippen LogP contribution in [0.2, 0.25) is 0 Å². The zero-order valence-corrected chi connectivity index (χ0v) is 17.7. The molecule has 1 saturated heterocycles. The highest BCUT2D eigenvalue weighted by Gasteiger charge is 2.23. The molecule has 162 valence electrons. The minimum atomic E-state index is -0.373. The number of ether oxygens (including phenoxy) is 2. The Labute approximate surface area is 180 Å². The molecule has 2 aromatic carbocycles. The van der Waals surface area contributed by atoms with E-state index < -0.39 is 0 Å². The number of anilines is 1. The Kier molecular flexibility index (Phi) is 6.18. The van der Waals surface area contributed by atoms with Crippen molar-refractivity contribution >= 4 is 28.5 Å². The van der Waals surface area contributed by atoms with Crippen molar-refractivity contribution in [3.8, 4) is 5.75 Å². The zero-order valence-electron chi connectivity index (χ0n) is 17.7.